The number of aliphatic hydroxyl groups excluding tert-OH is 1. The third-order valence-corrected chi connectivity index (χ3v) is 3.59. The van der Waals surface area contributed by atoms with Crippen molar-refractivity contribution in [3.05, 3.63) is 11.9 Å². The summed E-state index contributed by atoms with van der Waals surface area (Å²) in [5.74, 6) is 0.264. The molecule has 102 valence electrons. The summed E-state index contributed by atoms with van der Waals surface area (Å²) in [6.07, 6.45) is 1.31. The Hall–Kier alpha value is -2.09. The lowest BCUT2D eigenvalue weighted by Gasteiger charge is -2.34. The van der Waals surface area contributed by atoms with Gasteiger partial charge in [0.05, 0.1) is 6.61 Å². The van der Waals surface area contributed by atoms with E-state index < -0.39 is 18.2 Å². The lowest BCUT2D eigenvalue weighted by atomic mass is 10.1. The molecule has 0 saturated carbocycles. The van der Waals surface area contributed by atoms with Gasteiger partial charge in [0.1, 0.15) is 0 Å². The number of amides is 3. The average molecular weight is 265 g/mol. The van der Waals surface area contributed by atoms with Crippen LogP contribution in [0.2, 0.25) is 0 Å². The van der Waals surface area contributed by atoms with Crippen molar-refractivity contribution in [3.8, 4) is 0 Å². The molecule has 0 spiro atoms. The SMILES string of the molecule is CC1=CN2C(=NC3C2C(=O)NC(=O)N3C)N1CCO. The molecule has 8 heteroatoms. The number of rotatable bonds is 2. The van der Waals surface area contributed by atoms with Crippen LogP contribution < -0.4 is 5.32 Å². The van der Waals surface area contributed by atoms with Crippen LogP contribution >= 0.6 is 0 Å². The highest BCUT2D eigenvalue weighted by Gasteiger charge is 2.51. The Balaban J connectivity index is 1.96. The third-order valence-electron chi connectivity index (χ3n) is 3.59. The van der Waals surface area contributed by atoms with Crippen molar-refractivity contribution in [2.45, 2.75) is 19.1 Å². The van der Waals surface area contributed by atoms with Crippen LogP contribution in [0.25, 0.3) is 0 Å². The first-order chi connectivity index (χ1) is 9.04. The molecule has 19 heavy (non-hydrogen) atoms. The van der Waals surface area contributed by atoms with Crippen LogP contribution in [0.1, 0.15) is 6.92 Å². The first-order valence-corrected chi connectivity index (χ1v) is 6.05. The van der Waals surface area contributed by atoms with Crippen LogP contribution in [0.15, 0.2) is 16.9 Å². The van der Waals surface area contributed by atoms with Crippen molar-refractivity contribution < 1.29 is 14.7 Å². The molecule has 8 nitrogen and oxygen atoms in total. The fraction of sp³-hybridized carbons (Fsp3) is 0.545. The number of allylic oxidation sites excluding steroid dienone is 1. The summed E-state index contributed by atoms with van der Waals surface area (Å²) < 4.78 is 0. The Bertz CT molecular complexity index is 514. The highest BCUT2D eigenvalue weighted by Crippen LogP contribution is 2.31. The Kier molecular flexibility index (Phi) is 2.49. The number of fused-ring (bicyclic) bond motifs is 3. The van der Waals surface area contributed by atoms with E-state index in [4.69, 9.17) is 5.11 Å². The van der Waals surface area contributed by atoms with E-state index in [1.807, 2.05) is 18.0 Å². The number of imide groups is 1. The quantitative estimate of drug-likeness (QED) is 0.648. The minimum absolute atomic E-state index is 0.00562. The molecule has 0 bridgehead atoms. The third kappa shape index (κ3) is 1.53. The van der Waals surface area contributed by atoms with Crippen molar-refractivity contribution in [1.82, 2.24) is 20.0 Å². The maximum atomic E-state index is 12.0. The van der Waals surface area contributed by atoms with Crippen molar-refractivity contribution in [2.75, 3.05) is 20.2 Å². The molecule has 0 radical (unpaired) electrons. The number of nitrogens with zero attached hydrogens (tertiary/aromatic N) is 4. The summed E-state index contributed by atoms with van der Waals surface area (Å²) >= 11 is 0. The molecule has 1 saturated heterocycles. The zero-order valence-electron chi connectivity index (χ0n) is 10.7. The topological polar surface area (TPSA) is 88.5 Å². The lowest BCUT2D eigenvalue weighted by molar-refractivity contribution is -0.126. The Morgan fingerprint density at radius 3 is 2.89 bits per heavy atom. The molecule has 2 atom stereocenters. The number of hydrogen-bond acceptors (Lipinski definition) is 6. The average Bonchev–Trinajstić information content (AvgIpc) is 2.85. The van der Waals surface area contributed by atoms with Gasteiger partial charge in [-0.3, -0.25) is 10.1 Å². The molecule has 0 aromatic carbocycles. The summed E-state index contributed by atoms with van der Waals surface area (Å²) in [7, 11) is 1.61. The number of β-amino-alcohol motifs (C(OH)–C–C–N with tert-alkyl or cyclic N) is 1. The smallest absolute Gasteiger partial charge is 0.325 e. The van der Waals surface area contributed by atoms with Crippen LogP contribution in [-0.4, -0.2) is 70.1 Å². The van der Waals surface area contributed by atoms with Gasteiger partial charge < -0.3 is 19.8 Å². The second kappa shape index (κ2) is 3.95. The second-order valence-electron chi connectivity index (χ2n) is 4.75. The molecule has 3 aliphatic heterocycles. The normalized spacial score (nSPS) is 29.1. The molecular formula is C11H15N5O3. The maximum absolute atomic E-state index is 12.0. The van der Waals surface area contributed by atoms with E-state index in [0.29, 0.717) is 12.5 Å². The molecule has 2 N–H and O–H groups in total. The first kappa shape index (κ1) is 12.0. The summed E-state index contributed by atoms with van der Waals surface area (Å²) in [4.78, 5) is 33.0. The Morgan fingerprint density at radius 1 is 1.47 bits per heavy atom. The van der Waals surface area contributed by atoms with Gasteiger partial charge in [-0.1, -0.05) is 0 Å². The second-order valence-corrected chi connectivity index (χ2v) is 4.75. The molecular weight excluding hydrogens is 250 g/mol. The van der Waals surface area contributed by atoms with Gasteiger partial charge in [0.15, 0.2) is 12.2 Å². The molecule has 3 amide bonds. The number of aliphatic hydroxyl groups is 1. The minimum Gasteiger partial charge on any atom is -0.395 e. The number of guanidine groups is 1. The maximum Gasteiger partial charge on any atom is 0.325 e. The molecule has 3 rings (SSSR count). The summed E-state index contributed by atoms with van der Waals surface area (Å²) in [6, 6.07) is -0.970. The number of likely N-dealkylation sites (N-methyl/N-ethyl adjacent to an activating group) is 1. The Morgan fingerprint density at radius 2 is 2.21 bits per heavy atom. The fourth-order valence-corrected chi connectivity index (χ4v) is 2.62. The van der Waals surface area contributed by atoms with Crippen molar-refractivity contribution in [2.24, 2.45) is 4.99 Å². The standard InChI is InChI=1S/C11H15N5O3/c1-6-5-16-7-8(12-10(16)15(6)3-4-17)14(2)11(19)13-9(7)18/h5,7-8,17H,3-4H2,1-2H3,(H,13,18,19). The summed E-state index contributed by atoms with van der Waals surface area (Å²) in [5.41, 5.74) is 0.915. The van der Waals surface area contributed by atoms with E-state index in [9.17, 15) is 9.59 Å². The molecule has 0 aromatic heterocycles. The van der Waals surface area contributed by atoms with Crippen molar-refractivity contribution in [3.63, 3.8) is 0 Å². The van der Waals surface area contributed by atoms with Crippen molar-refractivity contribution >= 4 is 17.9 Å². The van der Waals surface area contributed by atoms with E-state index in [0.717, 1.165) is 5.70 Å². The van der Waals surface area contributed by atoms with E-state index >= 15 is 0 Å². The molecule has 2 unspecified atom stereocenters. The van der Waals surface area contributed by atoms with Crippen LogP contribution in [0.5, 0.6) is 0 Å². The van der Waals surface area contributed by atoms with E-state index in [-0.39, 0.29) is 12.5 Å². The zero-order chi connectivity index (χ0) is 13.7. The van der Waals surface area contributed by atoms with Gasteiger partial charge in [0, 0.05) is 25.5 Å². The van der Waals surface area contributed by atoms with E-state index in [1.165, 1.54) is 4.90 Å². The monoisotopic (exact) mass is 265 g/mol. The van der Waals surface area contributed by atoms with Crippen LogP contribution in [0, 0.1) is 0 Å². The highest BCUT2D eigenvalue weighted by molar-refractivity contribution is 6.04. The highest BCUT2D eigenvalue weighted by atomic mass is 16.3. The van der Waals surface area contributed by atoms with Gasteiger partial charge in [-0.05, 0) is 6.92 Å². The number of carbonyl (C=O) groups is 2. The number of nitrogens with one attached hydrogen (secondary N) is 1. The van der Waals surface area contributed by atoms with E-state index in [1.54, 1.807) is 11.9 Å². The lowest BCUT2D eigenvalue weighted by Crippen LogP contribution is -2.62. The predicted octanol–water partition coefficient (Wildman–Crippen LogP) is -1.30. The fourth-order valence-electron chi connectivity index (χ4n) is 2.62. The summed E-state index contributed by atoms with van der Waals surface area (Å²) in [5, 5.41) is 11.4. The number of urea groups is 1. The Labute approximate surface area is 110 Å². The molecule has 3 aliphatic rings. The molecule has 0 aromatic rings. The number of hydrogen-bond donors (Lipinski definition) is 2. The van der Waals surface area contributed by atoms with Gasteiger partial charge in [0.2, 0.25) is 5.96 Å². The van der Waals surface area contributed by atoms with Crippen LogP contribution in [0.3, 0.4) is 0 Å². The van der Waals surface area contributed by atoms with Gasteiger partial charge >= 0.3 is 6.03 Å². The number of carbonyl (C=O) groups excluding carboxylic acids is 2. The van der Waals surface area contributed by atoms with Gasteiger partial charge in [-0.25, -0.2) is 9.79 Å². The molecule has 0 aliphatic carbocycles. The molecule has 3 heterocycles. The van der Waals surface area contributed by atoms with Crippen LogP contribution in [-0.2, 0) is 4.79 Å². The molecule has 1 fully saturated rings. The van der Waals surface area contributed by atoms with Gasteiger partial charge in [0.25, 0.3) is 5.91 Å². The van der Waals surface area contributed by atoms with Crippen LogP contribution in [0.4, 0.5) is 4.79 Å². The van der Waals surface area contributed by atoms with Gasteiger partial charge in [-0.2, -0.15) is 0 Å². The van der Waals surface area contributed by atoms with E-state index in [2.05, 4.69) is 10.3 Å². The first-order valence-electron chi connectivity index (χ1n) is 6.05. The van der Waals surface area contributed by atoms with Gasteiger partial charge in [-0.15, -0.1) is 0 Å². The zero-order valence-corrected chi connectivity index (χ0v) is 10.7. The largest absolute Gasteiger partial charge is 0.395 e. The van der Waals surface area contributed by atoms with Crippen molar-refractivity contribution in [1.29, 1.82) is 0 Å². The summed E-state index contributed by atoms with van der Waals surface area (Å²) in [6.45, 7) is 2.30. The number of aliphatic imine (C=N–C) groups is 1. The predicted molar refractivity (Wildman–Crippen MR) is 65.7 cm³/mol. The minimum atomic E-state index is -0.531.